The third-order valence-corrected chi connectivity index (χ3v) is 4.65. The predicted octanol–water partition coefficient (Wildman–Crippen LogP) is 4.21. The molecule has 0 aromatic heterocycles. The van der Waals surface area contributed by atoms with Crippen LogP contribution in [0.15, 0.2) is 40.9 Å². The van der Waals surface area contributed by atoms with E-state index in [1.165, 1.54) is 5.56 Å². The summed E-state index contributed by atoms with van der Waals surface area (Å²) < 4.78 is 12.4. The Kier molecular flexibility index (Phi) is 7.75. The predicted molar refractivity (Wildman–Crippen MR) is 104 cm³/mol. The normalized spacial score (nSPS) is 12.0. The van der Waals surface area contributed by atoms with Crippen molar-refractivity contribution < 1.29 is 14.6 Å². The lowest BCUT2D eigenvalue weighted by molar-refractivity contribution is 0.238. The summed E-state index contributed by atoms with van der Waals surface area (Å²) in [6, 6.07) is 12.3. The molecule has 0 aliphatic rings. The molecule has 2 aromatic rings. The van der Waals surface area contributed by atoms with Gasteiger partial charge in [0.2, 0.25) is 0 Å². The molecule has 0 saturated heterocycles. The molecule has 2 rings (SSSR count). The van der Waals surface area contributed by atoms with Crippen molar-refractivity contribution in [3.63, 3.8) is 0 Å². The fourth-order valence-electron chi connectivity index (χ4n) is 2.57. The Morgan fingerprint density at radius 2 is 2.00 bits per heavy atom. The van der Waals surface area contributed by atoms with Gasteiger partial charge in [-0.05, 0) is 52.5 Å². The first kappa shape index (κ1) is 19.8. The van der Waals surface area contributed by atoms with Crippen LogP contribution in [-0.4, -0.2) is 24.9 Å². The summed E-state index contributed by atoms with van der Waals surface area (Å²) in [5.41, 5.74) is 3.40. The third-order valence-electron chi connectivity index (χ3n) is 4.06. The number of nitrogens with one attached hydrogen (secondary N) is 1. The van der Waals surface area contributed by atoms with Crippen LogP contribution >= 0.6 is 15.9 Å². The van der Waals surface area contributed by atoms with Crippen molar-refractivity contribution >= 4 is 15.9 Å². The van der Waals surface area contributed by atoms with E-state index in [1.54, 1.807) is 7.11 Å². The van der Waals surface area contributed by atoms with Gasteiger partial charge in [-0.25, -0.2) is 0 Å². The van der Waals surface area contributed by atoms with E-state index >= 15 is 0 Å². The van der Waals surface area contributed by atoms with Gasteiger partial charge >= 0.3 is 0 Å². The highest BCUT2D eigenvalue weighted by Gasteiger charge is 2.13. The van der Waals surface area contributed by atoms with Crippen molar-refractivity contribution in [3.8, 4) is 11.5 Å². The smallest absolute Gasteiger partial charge is 0.175 e. The monoisotopic (exact) mass is 407 g/mol. The van der Waals surface area contributed by atoms with E-state index < -0.39 is 0 Å². The van der Waals surface area contributed by atoms with Crippen LogP contribution in [0.4, 0.5) is 0 Å². The number of hydrogen-bond donors (Lipinski definition) is 2. The molecule has 0 aliphatic heterocycles. The zero-order chi connectivity index (χ0) is 18.2. The summed E-state index contributed by atoms with van der Waals surface area (Å²) in [5, 5.41) is 12.6. The molecule has 25 heavy (non-hydrogen) atoms. The van der Waals surface area contributed by atoms with Crippen LogP contribution in [-0.2, 0) is 13.2 Å². The number of aliphatic hydroxyl groups excluding tert-OH is 1. The van der Waals surface area contributed by atoms with Gasteiger partial charge in [0.1, 0.15) is 6.61 Å². The summed E-state index contributed by atoms with van der Waals surface area (Å²) in [4.78, 5) is 0. The SMILES string of the molecule is CC[C@@H](CO)NCc1cc(Br)c(OCc2cccc(C)c2)c(OC)c1. The zero-order valence-corrected chi connectivity index (χ0v) is 16.6. The van der Waals surface area contributed by atoms with Crippen molar-refractivity contribution in [2.24, 2.45) is 0 Å². The Balaban J connectivity index is 2.10. The van der Waals surface area contributed by atoms with E-state index in [9.17, 15) is 5.11 Å². The van der Waals surface area contributed by atoms with Gasteiger partial charge in [0.05, 0.1) is 18.2 Å². The average molecular weight is 408 g/mol. The topological polar surface area (TPSA) is 50.7 Å². The van der Waals surface area contributed by atoms with E-state index in [2.05, 4.69) is 40.3 Å². The molecule has 1 atom stereocenters. The maximum atomic E-state index is 9.28. The zero-order valence-electron chi connectivity index (χ0n) is 15.0. The minimum Gasteiger partial charge on any atom is -0.493 e. The largest absolute Gasteiger partial charge is 0.493 e. The molecule has 0 bridgehead atoms. The van der Waals surface area contributed by atoms with Gasteiger partial charge in [-0.1, -0.05) is 36.8 Å². The Morgan fingerprint density at radius 1 is 1.20 bits per heavy atom. The van der Waals surface area contributed by atoms with Crippen molar-refractivity contribution in [2.45, 2.75) is 39.5 Å². The molecule has 0 radical (unpaired) electrons. The average Bonchev–Trinajstić information content (AvgIpc) is 2.61. The molecule has 0 spiro atoms. The minimum absolute atomic E-state index is 0.0991. The lowest BCUT2D eigenvalue weighted by Gasteiger charge is -2.17. The Labute approximate surface area is 158 Å². The molecule has 5 heteroatoms. The molecule has 0 aliphatic carbocycles. The second-order valence-corrected chi connectivity index (χ2v) is 6.91. The van der Waals surface area contributed by atoms with Crippen LogP contribution in [0.25, 0.3) is 0 Å². The third kappa shape index (κ3) is 5.73. The fraction of sp³-hybridized carbons (Fsp3) is 0.400. The summed E-state index contributed by atoms with van der Waals surface area (Å²) in [6.45, 7) is 5.39. The minimum atomic E-state index is 0.0991. The Bertz CT molecular complexity index is 687. The van der Waals surface area contributed by atoms with Crippen LogP contribution in [0.2, 0.25) is 0 Å². The first-order valence-corrected chi connectivity index (χ1v) is 9.25. The lowest BCUT2D eigenvalue weighted by atomic mass is 10.1. The quantitative estimate of drug-likeness (QED) is 0.653. The lowest BCUT2D eigenvalue weighted by Crippen LogP contribution is -2.31. The standard InChI is InChI=1S/C20H26BrNO3/c1-4-17(12-23)22-11-16-9-18(21)20(19(10-16)24-3)25-13-15-7-5-6-14(2)8-15/h5-10,17,22-23H,4,11-13H2,1-3H3/t17-/m0/s1. The van der Waals surface area contributed by atoms with Gasteiger partial charge in [0, 0.05) is 12.6 Å². The number of hydrogen-bond acceptors (Lipinski definition) is 4. The Hall–Kier alpha value is -1.56. The maximum absolute atomic E-state index is 9.28. The van der Waals surface area contributed by atoms with Gasteiger partial charge in [-0.2, -0.15) is 0 Å². The van der Waals surface area contributed by atoms with Crippen molar-refractivity contribution in [3.05, 3.63) is 57.6 Å². The number of ether oxygens (including phenoxy) is 2. The number of rotatable bonds is 9. The second-order valence-electron chi connectivity index (χ2n) is 6.06. The molecular formula is C20H26BrNO3. The van der Waals surface area contributed by atoms with Crippen LogP contribution in [0, 0.1) is 6.92 Å². The Morgan fingerprint density at radius 3 is 2.64 bits per heavy atom. The highest BCUT2D eigenvalue weighted by molar-refractivity contribution is 9.10. The van der Waals surface area contributed by atoms with Gasteiger partial charge < -0.3 is 19.9 Å². The molecule has 0 saturated carbocycles. The van der Waals surface area contributed by atoms with Crippen molar-refractivity contribution in [2.75, 3.05) is 13.7 Å². The van der Waals surface area contributed by atoms with Gasteiger partial charge in [-0.3, -0.25) is 0 Å². The molecule has 0 heterocycles. The van der Waals surface area contributed by atoms with E-state index in [0.29, 0.717) is 24.7 Å². The molecular weight excluding hydrogens is 382 g/mol. The first-order chi connectivity index (χ1) is 12.1. The number of aliphatic hydroxyl groups is 1. The van der Waals surface area contributed by atoms with E-state index in [4.69, 9.17) is 9.47 Å². The van der Waals surface area contributed by atoms with Gasteiger partial charge in [0.25, 0.3) is 0 Å². The highest BCUT2D eigenvalue weighted by atomic mass is 79.9. The molecule has 2 N–H and O–H groups in total. The summed E-state index contributed by atoms with van der Waals surface area (Å²) in [5.74, 6) is 1.39. The van der Waals surface area contributed by atoms with E-state index in [1.807, 2.05) is 31.2 Å². The van der Waals surface area contributed by atoms with Crippen LogP contribution in [0.5, 0.6) is 11.5 Å². The van der Waals surface area contributed by atoms with E-state index in [0.717, 1.165) is 22.0 Å². The van der Waals surface area contributed by atoms with Gasteiger partial charge in [0.15, 0.2) is 11.5 Å². The molecule has 2 aromatic carbocycles. The second kappa shape index (κ2) is 9.80. The maximum Gasteiger partial charge on any atom is 0.175 e. The van der Waals surface area contributed by atoms with Gasteiger partial charge in [-0.15, -0.1) is 0 Å². The van der Waals surface area contributed by atoms with Crippen LogP contribution in [0.1, 0.15) is 30.0 Å². The molecule has 0 fully saturated rings. The molecule has 0 unspecified atom stereocenters. The molecule has 0 amide bonds. The molecule has 136 valence electrons. The first-order valence-electron chi connectivity index (χ1n) is 8.46. The summed E-state index contributed by atoms with van der Waals surface area (Å²) in [7, 11) is 1.64. The van der Waals surface area contributed by atoms with Crippen molar-refractivity contribution in [1.82, 2.24) is 5.32 Å². The summed E-state index contributed by atoms with van der Waals surface area (Å²) >= 11 is 3.59. The van der Waals surface area contributed by atoms with Crippen molar-refractivity contribution in [1.29, 1.82) is 0 Å². The number of halogens is 1. The number of aryl methyl sites for hydroxylation is 1. The number of methoxy groups -OCH3 is 1. The summed E-state index contributed by atoms with van der Waals surface area (Å²) in [6.07, 6.45) is 0.881. The van der Waals surface area contributed by atoms with Crippen LogP contribution < -0.4 is 14.8 Å². The fourth-order valence-corrected chi connectivity index (χ4v) is 3.18. The number of benzene rings is 2. The molecule has 4 nitrogen and oxygen atoms in total. The van der Waals surface area contributed by atoms with E-state index in [-0.39, 0.29) is 12.6 Å². The highest BCUT2D eigenvalue weighted by Crippen LogP contribution is 2.37. The van der Waals surface area contributed by atoms with Crippen LogP contribution in [0.3, 0.4) is 0 Å².